The molecule has 5 nitrogen and oxygen atoms in total. The summed E-state index contributed by atoms with van der Waals surface area (Å²) in [5, 5.41) is 2.73. The van der Waals surface area contributed by atoms with E-state index < -0.39 is 17.6 Å². The molecule has 2 atom stereocenters. The fourth-order valence-corrected chi connectivity index (χ4v) is 2.52. The number of amides is 2. The van der Waals surface area contributed by atoms with Crippen molar-refractivity contribution in [2.45, 2.75) is 52.2 Å². The quantitative estimate of drug-likeness (QED) is 0.809. The molecule has 1 fully saturated rings. The van der Waals surface area contributed by atoms with Gasteiger partial charge in [0.05, 0.1) is 12.1 Å². The van der Waals surface area contributed by atoms with Gasteiger partial charge in [0.1, 0.15) is 12.1 Å². The molecule has 1 saturated heterocycles. The van der Waals surface area contributed by atoms with Gasteiger partial charge in [0.25, 0.3) is 0 Å². The molecule has 5 heteroatoms. The monoisotopic (exact) mass is 256 g/mol. The van der Waals surface area contributed by atoms with Crippen molar-refractivity contribution in [2.24, 2.45) is 5.92 Å². The molecule has 0 bridgehead atoms. The summed E-state index contributed by atoms with van der Waals surface area (Å²) >= 11 is 0. The Hall–Kier alpha value is -1.10. The van der Waals surface area contributed by atoms with Gasteiger partial charge in [-0.2, -0.15) is 0 Å². The van der Waals surface area contributed by atoms with E-state index in [2.05, 4.69) is 5.32 Å². The van der Waals surface area contributed by atoms with E-state index in [4.69, 9.17) is 4.74 Å². The van der Waals surface area contributed by atoms with E-state index >= 15 is 0 Å². The Morgan fingerprint density at radius 1 is 1.39 bits per heavy atom. The Morgan fingerprint density at radius 3 is 2.39 bits per heavy atom. The van der Waals surface area contributed by atoms with Crippen LogP contribution in [0, 0.1) is 5.92 Å². The summed E-state index contributed by atoms with van der Waals surface area (Å²) in [6.07, 6.45) is 0. The molecule has 1 rings (SSSR count). The Morgan fingerprint density at radius 2 is 1.94 bits per heavy atom. The topological polar surface area (TPSA) is 58.6 Å². The van der Waals surface area contributed by atoms with E-state index in [-0.39, 0.29) is 17.7 Å². The second-order valence-corrected chi connectivity index (χ2v) is 5.87. The van der Waals surface area contributed by atoms with Crippen molar-refractivity contribution in [3.8, 4) is 0 Å². The van der Waals surface area contributed by atoms with Crippen LogP contribution >= 0.6 is 0 Å². The number of methoxy groups -OCH3 is 1. The molecule has 0 aromatic rings. The van der Waals surface area contributed by atoms with Crippen molar-refractivity contribution in [3.63, 3.8) is 0 Å². The predicted octanol–water partition coefficient (Wildman–Crippen LogP) is 0.783. The number of nitrogens with one attached hydrogen (secondary N) is 1. The molecular formula is C13H24N2O3. The molecule has 1 N–H and O–H groups in total. The largest absolute Gasteiger partial charge is 0.382 e. The summed E-state index contributed by atoms with van der Waals surface area (Å²) in [4.78, 5) is 26.2. The summed E-state index contributed by atoms with van der Waals surface area (Å²) in [5.74, 6) is -0.0609. The van der Waals surface area contributed by atoms with E-state index in [1.807, 2.05) is 27.7 Å². The van der Waals surface area contributed by atoms with Gasteiger partial charge in [-0.3, -0.25) is 9.59 Å². The number of carbonyl (C=O) groups excluding carboxylic acids is 2. The first-order valence-electron chi connectivity index (χ1n) is 6.35. The van der Waals surface area contributed by atoms with Gasteiger partial charge in [0.2, 0.25) is 11.8 Å². The maximum Gasteiger partial charge on any atom is 0.246 e. The van der Waals surface area contributed by atoms with E-state index in [0.717, 1.165) is 0 Å². The van der Waals surface area contributed by atoms with Gasteiger partial charge >= 0.3 is 0 Å². The minimum Gasteiger partial charge on any atom is -0.382 e. The standard InChI is InChI=1S/C13H24N2O3/c1-8(2)10-11(16)14-9(3)12(17)15(10)13(4,5)7-18-6/h8-10H,7H2,1-6H3,(H,14,16). The fourth-order valence-electron chi connectivity index (χ4n) is 2.52. The molecular weight excluding hydrogens is 232 g/mol. The molecule has 1 aliphatic heterocycles. The van der Waals surface area contributed by atoms with Gasteiger partial charge in [-0.1, -0.05) is 13.8 Å². The third-order valence-electron chi connectivity index (χ3n) is 3.29. The Balaban J connectivity index is 3.13. The third-order valence-corrected chi connectivity index (χ3v) is 3.29. The predicted molar refractivity (Wildman–Crippen MR) is 69.0 cm³/mol. The number of hydrogen-bond acceptors (Lipinski definition) is 3. The maximum atomic E-state index is 12.4. The minimum absolute atomic E-state index is 0.0460. The molecule has 2 unspecified atom stereocenters. The van der Waals surface area contributed by atoms with E-state index in [0.29, 0.717) is 6.61 Å². The summed E-state index contributed by atoms with van der Waals surface area (Å²) < 4.78 is 5.18. The molecule has 1 heterocycles. The highest BCUT2D eigenvalue weighted by Crippen LogP contribution is 2.26. The highest BCUT2D eigenvalue weighted by atomic mass is 16.5. The Kier molecular flexibility index (Phi) is 4.37. The normalized spacial score (nSPS) is 25.6. The molecule has 2 amide bonds. The van der Waals surface area contributed by atoms with Crippen LogP contribution < -0.4 is 5.32 Å². The molecule has 104 valence electrons. The van der Waals surface area contributed by atoms with Gasteiger partial charge in [-0.15, -0.1) is 0 Å². The number of carbonyl (C=O) groups is 2. The first-order valence-corrected chi connectivity index (χ1v) is 6.35. The number of piperazine rings is 1. The zero-order chi connectivity index (χ0) is 14.1. The molecule has 1 aliphatic rings. The molecule has 0 radical (unpaired) electrons. The summed E-state index contributed by atoms with van der Waals surface area (Å²) in [5.41, 5.74) is -0.493. The van der Waals surface area contributed by atoms with Crippen molar-refractivity contribution < 1.29 is 14.3 Å². The van der Waals surface area contributed by atoms with Gasteiger partial charge in [0, 0.05) is 7.11 Å². The summed E-state index contributed by atoms with van der Waals surface area (Å²) in [7, 11) is 1.60. The number of nitrogens with zero attached hydrogens (tertiary/aromatic N) is 1. The van der Waals surface area contributed by atoms with Crippen LogP contribution in [0.15, 0.2) is 0 Å². The second kappa shape index (κ2) is 5.26. The number of hydrogen-bond donors (Lipinski definition) is 1. The first-order chi connectivity index (χ1) is 8.22. The number of ether oxygens (including phenoxy) is 1. The Bertz CT molecular complexity index is 339. The van der Waals surface area contributed by atoms with Crippen LogP contribution in [-0.2, 0) is 14.3 Å². The van der Waals surface area contributed by atoms with Gasteiger partial charge in [-0.25, -0.2) is 0 Å². The SMILES string of the molecule is COCC(C)(C)N1C(=O)C(C)NC(=O)C1C(C)C. The lowest BCUT2D eigenvalue weighted by Gasteiger charge is -2.48. The van der Waals surface area contributed by atoms with Gasteiger partial charge in [-0.05, 0) is 26.7 Å². The van der Waals surface area contributed by atoms with Crippen molar-refractivity contribution in [3.05, 3.63) is 0 Å². The van der Waals surface area contributed by atoms with Crippen LogP contribution in [0.2, 0.25) is 0 Å². The van der Waals surface area contributed by atoms with E-state index in [1.54, 1.807) is 18.9 Å². The average Bonchev–Trinajstić information content (AvgIpc) is 2.21. The lowest BCUT2D eigenvalue weighted by Crippen LogP contribution is -2.69. The minimum atomic E-state index is -0.493. The summed E-state index contributed by atoms with van der Waals surface area (Å²) in [6, 6.07) is -0.900. The highest BCUT2D eigenvalue weighted by Gasteiger charge is 2.46. The number of rotatable bonds is 4. The van der Waals surface area contributed by atoms with Crippen LogP contribution in [0.3, 0.4) is 0 Å². The second-order valence-electron chi connectivity index (χ2n) is 5.87. The molecule has 0 aromatic carbocycles. The first kappa shape index (κ1) is 15.0. The molecule has 18 heavy (non-hydrogen) atoms. The Labute approximate surface area is 109 Å². The molecule has 0 aromatic heterocycles. The summed E-state index contributed by atoms with van der Waals surface area (Å²) in [6.45, 7) is 9.87. The van der Waals surface area contributed by atoms with Crippen LogP contribution in [0.4, 0.5) is 0 Å². The lowest BCUT2D eigenvalue weighted by atomic mass is 9.91. The highest BCUT2D eigenvalue weighted by molar-refractivity contribution is 5.97. The van der Waals surface area contributed by atoms with Crippen LogP contribution in [0.25, 0.3) is 0 Å². The smallest absolute Gasteiger partial charge is 0.246 e. The van der Waals surface area contributed by atoms with Crippen LogP contribution in [-0.4, -0.2) is 48.1 Å². The maximum absolute atomic E-state index is 12.4. The lowest BCUT2D eigenvalue weighted by molar-refractivity contribution is -0.159. The van der Waals surface area contributed by atoms with Crippen molar-refractivity contribution in [1.82, 2.24) is 10.2 Å². The van der Waals surface area contributed by atoms with E-state index in [9.17, 15) is 9.59 Å². The van der Waals surface area contributed by atoms with Crippen molar-refractivity contribution in [2.75, 3.05) is 13.7 Å². The fraction of sp³-hybridized carbons (Fsp3) is 0.846. The molecule has 0 aliphatic carbocycles. The van der Waals surface area contributed by atoms with Crippen LogP contribution in [0.1, 0.15) is 34.6 Å². The van der Waals surface area contributed by atoms with Crippen molar-refractivity contribution in [1.29, 1.82) is 0 Å². The zero-order valence-corrected chi connectivity index (χ0v) is 12.1. The molecule has 0 spiro atoms. The van der Waals surface area contributed by atoms with Gasteiger partial charge in [0.15, 0.2) is 0 Å². The average molecular weight is 256 g/mol. The van der Waals surface area contributed by atoms with E-state index in [1.165, 1.54) is 0 Å². The van der Waals surface area contributed by atoms with Crippen LogP contribution in [0.5, 0.6) is 0 Å². The van der Waals surface area contributed by atoms with Gasteiger partial charge < -0.3 is 15.0 Å². The molecule has 0 saturated carbocycles. The third kappa shape index (κ3) is 2.66. The zero-order valence-electron chi connectivity index (χ0n) is 12.1. The van der Waals surface area contributed by atoms with Crippen molar-refractivity contribution >= 4 is 11.8 Å².